The first-order chi connectivity index (χ1) is 5.90. The van der Waals surface area contributed by atoms with Crippen molar-refractivity contribution in [1.82, 2.24) is 4.98 Å². The van der Waals surface area contributed by atoms with Gasteiger partial charge in [0, 0.05) is 23.6 Å². The fourth-order valence-corrected chi connectivity index (χ4v) is 1.87. The summed E-state index contributed by atoms with van der Waals surface area (Å²) in [7, 11) is 0. The van der Waals surface area contributed by atoms with E-state index < -0.39 is 0 Å². The molecule has 2 rings (SSSR count). The molecule has 0 atom stereocenters. The molecule has 1 aliphatic rings. The third-order valence-electron chi connectivity index (χ3n) is 2.15. The SMILES string of the molecule is CSCc1ccnc(C2CC2)c1. The zero-order chi connectivity index (χ0) is 8.39. The van der Waals surface area contributed by atoms with Crippen molar-refractivity contribution in [2.75, 3.05) is 6.26 Å². The molecule has 2 heteroatoms. The summed E-state index contributed by atoms with van der Waals surface area (Å²) < 4.78 is 0. The maximum absolute atomic E-state index is 4.37. The minimum atomic E-state index is 0.784. The Bertz CT molecular complexity index is 268. The molecule has 0 radical (unpaired) electrons. The number of hydrogen-bond donors (Lipinski definition) is 0. The first-order valence-corrected chi connectivity index (χ1v) is 5.73. The summed E-state index contributed by atoms with van der Waals surface area (Å²) in [5.41, 5.74) is 2.72. The maximum Gasteiger partial charge on any atom is 0.0437 e. The van der Waals surface area contributed by atoms with Gasteiger partial charge >= 0.3 is 0 Å². The molecule has 1 saturated carbocycles. The molecule has 0 unspecified atom stereocenters. The van der Waals surface area contributed by atoms with Gasteiger partial charge in [0.2, 0.25) is 0 Å². The second-order valence-electron chi connectivity index (χ2n) is 3.30. The van der Waals surface area contributed by atoms with E-state index >= 15 is 0 Å². The highest BCUT2D eigenvalue weighted by molar-refractivity contribution is 7.97. The summed E-state index contributed by atoms with van der Waals surface area (Å²) in [4.78, 5) is 4.37. The van der Waals surface area contributed by atoms with E-state index in [0.717, 1.165) is 11.7 Å². The van der Waals surface area contributed by atoms with Crippen molar-refractivity contribution in [3.8, 4) is 0 Å². The summed E-state index contributed by atoms with van der Waals surface area (Å²) in [5.74, 6) is 1.90. The largest absolute Gasteiger partial charge is 0.261 e. The quantitative estimate of drug-likeness (QED) is 0.707. The van der Waals surface area contributed by atoms with Crippen LogP contribution in [0.3, 0.4) is 0 Å². The van der Waals surface area contributed by atoms with Gasteiger partial charge in [0.15, 0.2) is 0 Å². The molecule has 0 saturated heterocycles. The van der Waals surface area contributed by atoms with Crippen molar-refractivity contribution < 1.29 is 0 Å². The number of nitrogens with zero attached hydrogens (tertiary/aromatic N) is 1. The van der Waals surface area contributed by atoms with Crippen LogP contribution in [-0.2, 0) is 5.75 Å². The molecule has 1 fully saturated rings. The van der Waals surface area contributed by atoms with Gasteiger partial charge in [-0.3, -0.25) is 4.98 Å². The summed E-state index contributed by atoms with van der Waals surface area (Å²) >= 11 is 1.87. The lowest BCUT2D eigenvalue weighted by Gasteiger charge is -2.00. The van der Waals surface area contributed by atoms with Crippen LogP contribution in [0.25, 0.3) is 0 Å². The molecule has 1 aliphatic carbocycles. The van der Waals surface area contributed by atoms with Crippen LogP contribution < -0.4 is 0 Å². The first kappa shape index (κ1) is 8.11. The number of thioether (sulfide) groups is 1. The Balaban J connectivity index is 2.15. The maximum atomic E-state index is 4.37. The van der Waals surface area contributed by atoms with Gasteiger partial charge in [-0.2, -0.15) is 11.8 Å². The van der Waals surface area contributed by atoms with Gasteiger partial charge in [-0.25, -0.2) is 0 Å². The van der Waals surface area contributed by atoms with Gasteiger partial charge in [0.25, 0.3) is 0 Å². The monoisotopic (exact) mass is 179 g/mol. The van der Waals surface area contributed by atoms with Crippen LogP contribution in [0.4, 0.5) is 0 Å². The highest BCUT2D eigenvalue weighted by Crippen LogP contribution is 2.39. The minimum Gasteiger partial charge on any atom is -0.261 e. The third-order valence-corrected chi connectivity index (χ3v) is 2.77. The van der Waals surface area contributed by atoms with Crippen molar-refractivity contribution in [1.29, 1.82) is 0 Å². The van der Waals surface area contributed by atoms with Gasteiger partial charge in [0.05, 0.1) is 0 Å². The van der Waals surface area contributed by atoms with Crippen LogP contribution >= 0.6 is 11.8 Å². The summed E-state index contributed by atoms with van der Waals surface area (Å²) in [5, 5.41) is 0. The van der Waals surface area contributed by atoms with Gasteiger partial charge in [-0.15, -0.1) is 0 Å². The lowest BCUT2D eigenvalue weighted by molar-refractivity contribution is 1.01. The predicted molar refractivity (Wildman–Crippen MR) is 53.4 cm³/mol. The topological polar surface area (TPSA) is 12.9 Å². The van der Waals surface area contributed by atoms with E-state index in [4.69, 9.17) is 0 Å². The summed E-state index contributed by atoms with van der Waals surface area (Å²) in [6.45, 7) is 0. The zero-order valence-electron chi connectivity index (χ0n) is 7.29. The molecule has 1 aromatic rings. The lowest BCUT2D eigenvalue weighted by Crippen LogP contribution is -1.88. The second-order valence-corrected chi connectivity index (χ2v) is 4.16. The molecule has 12 heavy (non-hydrogen) atoms. The van der Waals surface area contributed by atoms with Crippen molar-refractivity contribution in [2.24, 2.45) is 0 Å². The van der Waals surface area contributed by atoms with Gasteiger partial charge < -0.3 is 0 Å². The molecule has 1 aromatic heterocycles. The molecule has 64 valence electrons. The third kappa shape index (κ3) is 1.81. The van der Waals surface area contributed by atoms with Gasteiger partial charge in [-0.05, 0) is 36.8 Å². The Morgan fingerprint density at radius 1 is 1.58 bits per heavy atom. The Labute approximate surface area is 77.6 Å². The van der Waals surface area contributed by atoms with E-state index in [2.05, 4.69) is 23.4 Å². The van der Waals surface area contributed by atoms with E-state index in [9.17, 15) is 0 Å². The highest BCUT2D eigenvalue weighted by Gasteiger charge is 2.24. The lowest BCUT2D eigenvalue weighted by atomic mass is 10.2. The van der Waals surface area contributed by atoms with Crippen LogP contribution in [0.2, 0.25) is 0 Å². The zero-order valence-corrected chi connectivity index (χ0v) is 8.10. The fraction of sp³-hybridized carbons (Fsp3) is 0.500. The first-order valence-electron chi connectivity index (χ1n) is 4.34. The molecule has 1 heterocycles. The second kappa shape index (κ2) is 3.48. The van der Waals surface area contributed by atoms with E-state index in [1.165, 1.54) is 24.1 Å². The number of aromatic nitrogens is 1. The highest BCUT2D eigenvalue weighted by atomic mass is 32.2. The van der Waals surface area contributed by atoms with Crippen molar-refractivity contribution in [3.63, 3.8) is 0 Å². The Morgan fingerprint density at radius 3 is 3.08 bits per heavy atom. The number of hydrogen-bond acceptors (Lipinski definition) is 2. The summed E-state index contributed by atoms with van der Waals surface area (Å²) in [6.07, 6.45) is 6.77. The van der Waals surface area contributed by atoms with Gasteiger partial charge in [0.1, 0.15) is 0 Å². The Kier molecular flexibility index (Phi) is 2.35. The van der Waals surface area contributed by atoms with Crippen molar-refractivity contribution in [2.45, 2.75) is 24.5 Å². The van der Waals surface area contributed by atoms with Crippen LogP contribution in [0.1, 0.15) is 30.0 Å². The smallest absolute Gasteiger partial charge is 0.0437 e. The van der Waals surface area contributed by atoms with Crippen LogP contribution in [0.5, 0.6) is 0 Å². The predicted octanol–water partition coefficient (Wildman–Crippen LogP) is 2.82. The fourth-order valence-electron chi connectivity index (χ4n) is 1.35. The van der Waals surface area contributed by atoms with Crippen LogP contribution in [-0.4, -0.2) is 11.2 Å². The number of rotatable bonds is 3. The normalized spacial score (nSPS) is 16.4. The van der Waals surface area contributed by atoms with Crippen LogP contribution in [0.15, 0.2) is 18.3 Å². The van der Waals surface area contributed by atoms with Crippen LogP contribution in [0, 0.1) is 0 Å². The Morgan fingerprint density at radius 2 is 2.42 bits per heavy atom. The molecule has 0 aliphatic heterocycles. The average Bonchev–Trinajstić information content (AvgIpc) is 2.88. The Hall–Kier alpha value is -0.500. The molecular formula is C10H13NS. The standard InChI is InChI=1S/C10H13NS/c1-12-7-8-4-5-11-10(6-8)9-2-3-9/h4-6,9H,2-3,7H2,1H3. The van der Waals surface area contributed by atoms with E-state index in [0.29, 0.717) is 0 Å². The molecule has 0 spiro atoms. The van der Waals surface area contributed by atoms with Crippen molar-refractivity contribution >= 4 is 11.8 Å². The molecule has 1 nitrogen and oxygen atoms in total. The minimum absolute atomic E-state index is 0.784. The molecule has 0 N–H and O–H groups in total. The molecule has 0 amide bonds. The van der Waals surface area contributed by atoms with E-state index in [-0.39, 0.29) is 0 Å². The van der Waals surface area contributed by atoms with Crippen molar-refractivity contribution in [3.05, 3.63) is 29.6 Å². The average molecular weight is 179 g/mol. The molecule has 0 aromatic carbocycles. The van der Waals surface area contributed by atoms with Gasteiger partial charge in [-0.1, -0.05) is 0 Å². The molecular weight excluding hydrogens is 166 g/mol. The summed E-state index contributed by atoms with van der Waals surface area (Å²) in [6, 6.07) is 4.37. The number of pyridine rings is 1. The molecule has 0 bridgehead atoms. The van der Waals surface area contributed by atoms with E-state index in [1.54, 1.807) is 0 Å². The van der Waals surface area contributed by atoms with E-state index in [1.807, 2.05) is 18.0 Å².